The molecule has 3 rings (SSSR count). The number of carbonyl (C=O) groups excluding carboxylic acids is 2. The molecule has 0 saturated carbocycles. The lowest BCUT2D eigenvalue weighted by atomic mass is 9.92. The lowest BCUT2D eigenvalue weighted by Crippen LogP contribution is -2.32. The average Bonchev–Trinajstić information content (AvgIpc) is 3.01. The Morgan fingerprint density at radius 1 is 1.37 bits per heavy atom. The second kappa shape index (κ2) is 8.04. The van der Waals surface area contributed by atoms with Crippen molar-refractivity contribution in [2.75, 3.05) is 23.7 Å². The van der Waals surface area contributed by atoms with Crippen LogP contribution >= 0.6 is 15.9 Å². The van der Waals surface area contributed by atoms with Crippen molar-refractivity contribution >= 4 is 39.2 Å². The Morgan fingerprint density at radius 3 is 2.96 bits per heavy atom. The normalized spacial score (nSPS) is 17.7. The minimum Gasteiger partial charge on any atom is -0.368 e. The molecule has 27 heavy (non-hydrogen) atoms. The molecule has 142 valence electrons. The van der Waals surface area contributed by atoms with Crippen molar-refractivity contribution in [3.05, 3.63) is 53.5 Å². The van der Waals surface area contributed by atoms with E-state index in [1.54, 1.807) is 18.3 Å². The molecule has 2 amide bonds. The number of ketones is 1. The number of halogens is 2. The van der Waals surface area contributed by atoms with Gasteiger partial charge in [0.05, 0.1) is 5.56 Å². The van der Waals surface area contributed by atoms with Gasteiger partial charge in [-0.1, -0.05) is 35.3 Å². The molecular weight excluding hydrogens is 415 g/mol. The number of hydrogen-bond donors (Lipinski definition) is 3. The maximum Gasteiger partial charge on any atom is 0.319 e. The molecule has 0 spiro atoms. The van der Waals surface area contributed by atoms with Gasteiger partial charge in [-0.05, 0) is 30.7 Å². The molecule has 0 aliphatic carbocycles. The van der Waals surface area contributed by atoms with Gasteiger partial charge < -0.3 is 16.0 Å². The third kappa shape index (κ3) is 3.95. The second-order valence-corrected chi connectivity index (χ2v) is 7.67. The van der Waals surface area contributed by atoms with Crippen LogP contribution in [0.4, 0.5) is 20.7 Å². The van der Waals surface area contributed by atoms with E-state index in [0.717, 1.165) is 12.8 Å². The molecule has 1 aliphatic rings. The molecule has 2 aromatic rings. The summed E-state index contributed by atoms with van der Waals surface area (Å²) in [5.41, 5.74) is 0.907. The van der Waals surface area contributed by atoms with Gasteiger partial charge in [-0.3, -0.25) is 4.79 Å². The van der Waals surface area contributed by atoms with Gasteiger partial charge in [-0.25, -0.2) is 14.2 Å². The first-order valence-electron chi connectivity index (χ1n) is 8.73. The fourth-order valence-corrected chi connectivity index (χ4v) is 3.59. The summed E-state index contributed by atoms with van der Waals surface area (Å²) in [7, 11) is 0. The molecule has 1 unspecified atom stereocenters. The van der Waals surface area contributed by atoms with Crippen molar-refractivity contribution in [1.82, 2.24) is 10.3 Å². The summed E-state index contributed by atoms with van der Waals surface area (Å²) < 4.78 is 13.3. The fourth-order valence-electron chi connectivity index (χ4n) is 2.91. The lowest BCUT2D eigenvalue weighted by Gasteiger charge is -2.21. The number of nitrogens with zero attached hydrogens (tertiary/aromatic N) is 1. The van der Waals surface area contributed by atoms with Crippen LogP contribution in [0.15, 0.2) is 36.5 Å². The van der Waals surface area contributed by atoms with Crippen molar-refractivity contribution in [2.24, 2.45) is 0 Å². The molecule has 1 aromatic heterocycles. The van der Waals surface area contributed by atoms with Crippen LogP contribution in [-0.2, 0) is 4.32 Å². The number of alkyl halides is 1. The maximum absolute atomic E-state index is 14.4. The largest absolute Gasteiger partial charge is 0.368 e. The van der Waals surface area contributed by atoms with Crippen LogP contribution in [0, 0.1) is 5.82 Å². The zero-order chi connectivity index (χ0) is 19.4. The number of carbonyl (C=O) groups is 2. The molecule has 8 heteroatoms. The number of pyridine rings is 1. The Morgan fingerprint density at radius 2 is 2.19 bits per heavy atom. The van der Waals surface area contributed by atoms with Crippen molar-refractivity contribution in [1.29, 1.82) is 0 Å². The van der Waals surface area contributed by atoms with Gasteiger partial charge in [0.1, 0.15) is 16.0 Å². The van der Waals surface area contributed by atoms with Crippen LogP contribution < -0.4 is 16.0 Å². The first-order chi connectivity index (χ1) is 13.0. The number of rotatable bonds is 6. The number of nitrogens with one attached hydrogen (secondary N) is 3. The van der Waals surface area contributed by atoms with Crippen LogP contribution in [0.2, 0.25) is 0 Å². The van der Waals surface area contributed by atoms with E-state index < -0.39 is 15.9 Å². The summed E-state index contributed by atoms with van der Waals surface area (Å²) in [5, 5.41) is 8.40. The van der Waals surface area contributed by atoms with Crippen LogP contribution in [0.5, 0.6) is 0 Å². The van der Waals surface area contributed by atoms with E-state index in [4.69, 9.17) is 0 Å². The highest BCUT2D eigenvalue weighted by molar-refractivity contribution is 9.10. The van der Waals surface area contributed by atoms with E-state index in [1.807, 2.05) is 6.92 Å². The summed E-state index contributed by atoms with van der Waals surface area (Å²) in [6, 6.07) is 7.07. The van der Waals surface area contributed by atoms with Crippen molar-refractivity contribution in [3.8, 4) is 0 Å². The Labute approximate surface area is 165 Å². The number of aromatic nitrogens is 1. The maximum atomic E-state index is 14.4. The highest BCUT2D eigenvalue weighted by Crippen LogP contribution is 2.43. The predicted octanol–water partition coefficient (Wildman–Crippen LogP) is 4.04. The Balaban J connectivity index is 1.82. The molecule has 0 bridgehead atoms. The number of urea groups is 1. The highest BCUT2D eigenvalue weighted by Gasteiger charge is 2.45. The first kappa shape index (κ1) is 19.3. The van der Waals surface area contributed by atoms with E-state index in [9.17, 15) is 14.0 Å². The van der Waals surface area contributed by atoms with Gasteiger partial charge in [0.2, 0.25) is 0 Å². The standard InChI is InChI=1S/C19H20BrFN4O2/c1-2-3-8-23-18(27)25-12-6-7-15(21)13(10-12)16(26)19(20)11-24-17-14(19)5-4-9-22-17/h4-7,9-10H,2-3,8,11H2,1H3,(H,22,24)(H2,23,25,27). The quantitative estimate of drug-likeness (QED) is 0.363. The van der Waals surface area contributed by atoms with E-state index in [0.29, 0.717) is 23.6 Å². The molecule has 0 radical (unpaired) electrons. The van der Waals surface area contributed by atoms with Crippen LogP contribution in [0.3, 0.4) is 0 Å². The van der Waals surface area contributed by atoms with Crippen molar-refractivity contribution < 1.29 is 14.0 Å². The van der Waals surface area contributed by atoms with Crippen molar-refractivity contribution in [3.63, 3.8) is 0 Å². The lowest BCUT2D eigenvalue weighted by molar-refractivity contribution is 0.0949. The fraction of sp³-hybridized carbons (Fsp3) is 0.316. The number of Topliss-reactive ketones (excluding diaryl/α,β-unsaturated/α-hetero) is 1. The van der Waals surface area contributed by atoms with E-state index in [1.165, 1.54) is 18.2 Å². The predicted molar refractivity (Wildman–Crippen MR) is 106 cm³/mol. The van der Waals surface area contributed by atoms with Gasteiger partial charge in [0, 0.05) is 30.5 Å². The molecule has 1 atom stereocenters. The van der Waals surface area contributed by atoms with E-state index in [-0.39, 0.29) is 18.1 Å². The number of hydrogen-bond acceptors (Lipinski definition) is 4. The number of fused-ring (bicyclic) bond motifs is 1. The molecule has 3 N–H and O–H groups in total. The first-order valence-corrected chi connectivity index (χ1v) is 9.52. The van der Waals surface area contributed by atoms with Gasteiger partial charge in [-0.15, -0.1) is 0 Å². The zero-order valence-electron chi connectivity index (χ0n) is 14.8. The highest BCUT2D eigenvalue weighted by atomic mass is 79.9. The monoisotopic (exact) mass is 434 g/mol. The number of anilines is 2. The van der Waals surface area contributed by atoms with E-state index >= 15 is 0 Å². The smallest absolute Gasteiger partial charge is 0.319 e. The minimum absolute atomic E-state index is 0.100. The number of amides is 2. The summed E-state index contributed by atoms with van der Waals surface area (Å²) in [6.45, 7) is 2.83. The van der Waals surface area contributed by atoms with Crippen LogP contribution in [0.25, 0.3) is 0 Å². The third-order valence-electron chi connectivity index (χ3n) is 4.38. The van der Waals surface area contributed by atoms with E-state index in [2.05, 4.69) is 36.9 Å². The minimum atomic E-state index is -1.11. The number of unbranched alkanes of at least 4 members (excludes halogenated alkanes) is 1. The summed E-state index contributed by atoms with van der Waals surface area (Å²) in [6.07, 6.45) is 3.46. The van der Waals surface area contributed by atoms with Gasteiger partial charge in [0.25, 0.3) is 0 Å². The van der Waals surface area contributed by atoms with Gasteiger partial charge >= 0.3 is 6.03 Å². The van der Waals surface area contributed by atoms with Gasteiger partial charge in [-0.2, -0.15) is 0 Å². The topological polar surface area (TPSA) is 83.1 Å². The summed E-state index contributed by atoms with van der Waals surface area (Å²) in [5.74, 6) is -0.491. The molecule has 1 aliphatic heterocycles. The number of benzene rings is 1. The van der Waals surface area contributed by atoms with Gasteiger partial charge in [0.15, 0.2) is 5.78 Å². The molecule has 0 fully saturated rings. The molecule has 1 aromatic carbocycles. The molecule has 6 nitrogen and oxygen atoms in total. The van der Waals surface area contributed by atoms with Crippen molar-refractivity contribution in [2.45, 2.75) is 24.1 Å². The van der Waals surface area contributed by atoms with Crippen LogP contribution in [-0.4, -0.2) is 29.9 Å². The molecule has 0 saturated heterocycles. The summed E-state index contributed by atoms with van der Waals surface area (Å²) in [4.78, 5) is 29.2. The molecular formula is C19H20BrFN4O2. The second-order valence-electron chi connectivity index (χ2n) is 6.31. The Bertz CT molecular complexity index is 877. The SMILES string of the molecule is CCCCNC(=O)Nc1ccc(F)c(C(=O)C2(Br)CNc3ncccc32)c1. The third-order valence-corrected chi connectivity index (χ3v) is 5.45. The molecule has 2 heterocycles. The zero-order valence-corrected chi connectivity index (χ0v) is 16.4. The Hall–Kier alpha value is -2.48. The van der Waals surface area contributed by atoms with Crippen LogP contribution in [0.1, 0.15) is 35.7 Å². The summed E-state index contributed by atoms with van der Waals surface area (Å²) >= 11 is 3.48. The average molecular weight is 435 g/mol. The Kier molecular flexibility index (Phi) is 5.74.